The molecule has 2 aromatic heterocycles. The Kier molecular flexibility index (Phi) is 2.67. The average Bonchev–Trinajstić information content (AvgIpc) is 2.99. The van der Waals surface area contributed by atoms with Crippen molar-refractivity contribution in [3.05, 3.63) is 40.6 Å². The summed E-state index contributed by atoms with van der Waals surface area (Å²) in [5, 5.41) is 2.10. The van der Waals surface area contributed by atoms with Crippen LogP contribution in [0.25, 0.3) is 11.1 Å². The van der Waals surface area contributed by atoms with E-state index in [1.165, 1.54) is 17.7 Å². The van der Waals surface area contributed by atoms with Crippen LogP contribution in [0, 0.1) is 0 Å². The highest BCUT2D eigenvalue weighted by Gasteiger charge is 2.32. The minimum Gasteiger partial charge on any atom is -0.423 e. The van der Waals surface area contributed by atoms with Gasteiger partial charge in [0.05, 0.1) is 6.54 Å². The zero-order chi connectivity index (χ0) is 13.5. The number of oxazole rings is 1. The van der Waals surface area contributed by atoms with Crippen LogP contribution in [0.4, 0.5) is 11.7 Å². The molecule has 2 N–H and O–H groups in total. The maximum absolute atomic E-state index is 5.90. The smallest absolute Gasteiger partial charge is 0.298 e. The molecule has 1 aromatic carbocycles. The fourth-order valence-corrected chi connectivity index (χ4v) is 3.07. The average molecular weight is 285 g/mol. The van der Waals surface area contributed by atoms with Crippen LogP contribution in [0.2, 0.25) is 0 Å². The van der Waals surface area contributed by atoms with Gasteiger partial charge in [-0.3, -0.25) is 0 Å². The molecular weight excluding hydrogens is 270 g/mol. The third-order valence-electron chi connectivity index (χ3n) is 3.54. The van der Waals surface area contributed by atoms with Gasteiger partial charge in [-0.1, -0.05) is 6.07 Å². The van der Waals surface area contributed by atoms with Gasteiger partial charge in [0.15, 0.2) is 5.58 Å². The van der Waals surface area contributed by atoms with E-state index in [2.05, 4.69) is 27.4 Å². The zero-order valence-electron chi connectivity index (χ0n) is 11.0. The molecule has 1 aliphatic carbocycles. The SMILES string of the molecule is Nc1ccc2oc(N(Cc3cccs3)C3CC3)nc2c1. The van der Waals surface area contributed by atoms with Gasteiger partial charge in [-0.25, -0.2) is 0 Å². The van der Waals surface area contributed by atoms with E-state index < -0.39 is 0 Å². The lowest BCUT2D eigenvalue weighted by atomic mass is 10.3. The first kappa shape index (κ1) is 11.8. The monoisotopic (exact) mass is 285 g/mol. The topological polar surface area (TPSA) is 55.3 Å². The van der Waals surface area contributed by atoms with Crippen LogP contribution in [0.3, 0.4) is 0 Å². The molecule has 0 aliphatic heterocycles. The number of nitrogens with two attached hydrogens (primary N) is 1. The van der Waals surface area contributed by atoms with Crippen molar-refractivity contribution < 1.29 is 4.42 Å². The first-order valence-corrected chi connectivity index (χ1v) is 7.63. The van der Waals surface area contributed by atoms with E-state index in [-0.39, 0.29) is 0 Å². The quantitative estimate of drug-likeness (QED) is 0.744. The highest BCUT2D eigenvalue weighted by atomic mass is 32.1. The van der Waals surface area contributed by atoms with Crippen LogP contribution in [-0.4, -0.2) is 11.0 Å². The lowest BCUT2D eigenvalue weighted by molar-refractivity contribution is 0.563. The molecule has 102 valence electrons. The van der Waals surface area contributed by atoms with E-state index in [0.717, 1.165) is 17.6 Å². The van der Waals surface area contributed by atoms with Gasteiger partial charge in [0.1, 0.15) is 5.52 Å². The summed E-state index contributed by atoms with van der Waals surface area (Å²) in [6.45, 7) is 0.866. The first-order chi connectivity index (χ1) is 9.79. The van der Waals surface area contributed by atoms with Crippen molar-refractivity contribution in [1.29, 1.82) is 0 Å². The Labute approximate surface area is 120 Å². The van der Waals surface area contributed by atoms with E-state index in [1.807, 2.05) is 18.2 Å². The van der Waals surface area contributed by atoms with Crippen LogP contribution >= 0.6 is 11.3 Å². The van der Waals surface area contributed by atoms with E-state index >= 15 is 0 Å². The summed E-state index contributed by atoms with van der Waals surface area (Å²) in [6, 6.07) is 11.1. The Morgan fingerprint density at radius 1 is 1.35 bits per heavy atom. The second-order valence-corrected chi connectivity index (χ2v) is 6.19. The maximum atomic E-state index is 5.90. The lowest BCUT2D eigenvalue weighted by Crippen LogP contribution is -2.24. The fourth-order valence-electron chi connectivity index (χ4n) is 2.36. The Morgan fingerprint density at radius 2 is 2.25 bits per heavy atom. The van der Waals surface area contributed by atoms with Gasteiger partial charge in [0.2, 0.25) is 0 Å². The number of aromatic nitrogens is 1. The third kappa shape index (κ3) is 2.14. The molecule has 4 nitrogen and oxygen atoms in total. The standard InChI is InChI=1S/C15H15N3OS/c16-10-3-6-14-13(8-10)17-15(19-14)18(11-4-5-11)9-12-2-1-7-20-12/h1-3,6-8,11H,4-5,9,16H2. The van der Waals surface area contributed by atoms with Crippen LogP contribution in [0.1, 0.15) is 17.7 Å². The van der Waals surface area contributed by atoms with E-state index in [9.17, 15) is 0 Å². The molecule has 2 heterocycles. The molecule has 0 atom stereocenters. The fraction of sp³-hybridized carbons (Fsp3) is 0.267. The lowest BCUT2D eigenvalue weighted by Gasteiger charge is -2.18. The van der Waals surface area contributed by atoms with Crippen molar-refractivity contribution >= 4 is 34.1 Å². The highest BCUT2D eigenvalue weighted by molar-refractivity contribution is 7.09. The maximum Gasteiger partial charge on any atom is 0.298 e. The Balaban J connectivity index is 1.70. The number of fused-ring (bicyclic) bond motifs is 1. The zero-order valence-corrected chi connectivity index (χ0v) is 11.8. The van der Waals surface area contributed by atoms with Gasteiger partial charge in [0.25, 0.3) is 6.01 Å². The molecule has 0 unspecified atom stereocenters. The molecule has 3 aromatic rings. The molecule has 0 bridgehead atoms. The summed E-state index contributed by atoms with van der Waals surface area (Å²) in [5.41, 5.74) is 8.14. The third-order valence-corrected chi connectivity index (χ3v) is 4.40. The second kappa shape index (κ2) is 4.52. The van der Waals surface area contributed by atoms with Crippen molar-refractivity contribution in [3.8, 4) is 0 Å². The summed E-state index contributed by atoms with van der Waals surface area (Å²) in [7, 11) is 0. The molecule has 5 heteroatoms. The summed E-state index contributed by atoms with van der Waals surface area (Å²) in [6.07, 6.45) is 2.43. The summed E-state index contributed by atoms with van der Waals surface area (Å²) in [5.74, 6) is 0. The van der Waals surface area contributed by atoms with Crippen molar-refractivity contribution in [2.45, 2.75) is 25.4 Å². The molecule has 1 fully saturated rings. The summed E-state index contributed by atoms with van der Waals surface area (Å²) in [4.78, 5) is 8.20. The van der Waals surface area contributed by atoms with Gasteiger partial charge in [-0.2, -0.15) is 4.98 Å². The van der Waals surface area contributed by atoms with Crippen molar-refractivity contribution in [2.24, 2.45) is 0 Å². The van der Waals surface area contributed by atoms with Crippen molar-refractivity contribution in [3.63, 3.8) is 0 Å². The van der Waals surface area contributed by atoms with E-state index in [0.29, 0.717) is 17.7 Å². The van der Waals surface area contributed by atoms with Crippen molar-refractivity contribution in [2.75, 3.05) is 10.6 Å². The highest BCUT2D eigenvalue weighted by Crippen LogP contribution is 2.35. The first-order valence-electron chi connectivity index (χ1n) is 6.75. The predicted molar refractivity (Wildman–Crippen MR) is 81.9 cm³/mol. The number of hydrogen-bond acceptors (Lipinski definition) is 5. The number of nitrogens with zero attached hydrogens (tertiary/aromatic N) is 2. The molecule has 0 amide bonds. The summed E-state index contributed by atoms with van der Waals surface area (Å²) >= 11 is 1.77. The molecule has 20 heavy (non-hydrogen) atoms. The largest absolute Gasteiger partial charge is 0.423 e. The normalized spacial score (nSPS) is 14.8. The van der Waals surface area contributed by atoms with Gasteiger partial charge < -0.3 is 15.1 Å². The molecule has 0 radical (unpaired) electrons. The van der Waals surface area contributed by atoms with Gasteiger partial charge in [0, 0.05) is 16.6 Å². The Hall–Kier alpha value is -2.01. The number of nitrogen functional groups attached to an aromatic ring is 1. The van der Waals surface area contributed by atoms with Crippen LogP contribution in [0.5, 0.6) is 0 Å². The summed E-state index contributed by atoms with van der Waals surface area (Å²) < 4.78 is 5.90. The number of rotatable bonds is 4. The van der Waals surface area contributed by atoms with Crippen molar-refractivity contribution in [1.82, 2.24) is 4.98 Å². The molecule has 1 saturated carbocycles. The van der Waals surface area contributed by atoms with Gasteiger partial charge in [-0.05, 0) is 42.5 Å². The molecular formula is C15H15N3OS. The Morgan fingerprint density at radius 3 is 3.00 bits per heavy atom. The van der Waals surface area contributed by atoms with Gasteiger partial charge in [-0.15, -0.1) is 11.3 Å². The number of hydrogen-bond donors (Lipinski definition) is 1. The Bertz CT molecular complexity index is 731. The van der Waals surface area contributed by atoms with Crippen LogP contribution in [0.15, 0.2) is 40.1 Å². The van der Waals surface area contributed by atoms with Crippen LogP contribution in [-0.2, 0) is 6.54 Å². The van der Waals surface area contributed by atoms with Crippen LogP contribution < -0.4 is 10.6 Å². The number of anilines is 2. The number of thiophene rings is 1. The molecule has 1 aliphatic rings. The second-order valence-electron chi connectivity index (χ2n) is 5.16. The minimum atomic E-state index is 0.558. The molecule has 4 rings (SSSR count). The minimum absolute atomic E-state index is 0.558. The van der Waals surface area contributed by atoms with E-state index in [4.69, 9.17) is 10.2 Å². The van der Waals surface area contributed by atoms with Gasteiger partial charge >= 0.3 is 0 Å². The molecule has 0 saturated heterocycles. The van der Waals surface area contributed by atoms with E-state index in [1.54, 1.807) is 11.3 Å². The molecule has 0 spiro atoms. The predicted octanol–water partition coefficient (Wildman–Crippen LogP) is 3.64. The number of benzene rings is 1.